The summed E-state index contributed by atoms with van der Waals surface area (Å²) in [6, 6.07) is 0. The average molecular weight is 377 g/mol. The van der Waals surface area contributed by atoms with Crippen molar-refractivity contribution in [1.29, 1.82) is 0 Å². The van der Waals surface area contributed by atoms with E-state index in [1.807, 2.05) is 22.3 Å². The second-order valence-corrected chi connectivity index (χ2v) is 5.70. The van der Waals surface area contributed by atoms with Crippen LogP contribution in [-0.2, 0) is 19.6 Å². The Kier molecular flexibility index (Phi) is 7.99. The Hall–Kier alpha value is -1.31. The molecule has 1 aliphatic heterocycles. The minimum absolute atomic E-state index is 0. The standard InChI is InChI=1S/C15H24N6O.2ClH/c1-3-19-10-9-17-13(19)11-21-15(22)20(4-2)14(18-21)12-5-7-16-8-6-12;;/h9-10,12,16H,3-8,11H2,1-2H3;2*1H. The molecule has 0 saturated carbocycles. The van der Waals surface area contributed by atoms with Crippen molar-refractivity contribution in [3.8, 4) is 0 Å². The van der Waals surface area contributed by atoms with E-state index in [1.54, 1.807) is 10.9 Å². The number of halogens is 2. The Bertz CT molecular complexity index is 686. The van der Waals surface area contributed by atoms with Crippen LogP contribution in [0.3, 0.4) is 0 Å². The summed E-state index contributed by atoms with van der Waals surface area (Å²) in [4.78, 5) is 16.9. The van der Waals surface area contributed by atoms with Gasteiger partial charge in [-0.15, -0.1) is 24.8 Å². The van der Waals surface area contributed by atoms with Crippen molar-refractivity contribution >= 4 is 24.8 Å². The summed E-state index contributed by atoms with van der Waals surface area (Å²) in [6.45, 7) is 8.01. The zero-order valence-corrected chi connectivity index (χ0v) is 15.8. The molecule has 2 aromatic heterocycles. The number of aromatic nitrogens is 5. The highest BCUT2D eigenvalue weighted by atomic mass is 35.5. The summed E-state index contributed by atoms with van der Waals surface area (Å²) in [5.41, 5.74) is -0.0262. The summed E-state index contributed by atoms with van der Waals surface area (Å²) in [6.07, 6.45) is 5.79. The quantitative estimate of drug-likeness (QED) is 0.860. The molecule has 0 amide bonds. The first-order valence-corrected chi connectivity index (χ1v) is 8.12. The van der Waals surface area contributed by atoms with Gasteiger partial charge in [-0.1, -0.05) is 0 Å². The minimum atomic E-state index is -0.0262. The maximum atomic E-state index is 12.6. The summed E-state index contributed by atoms with van der Waals surface area (Å²) in [7, 11) is 0. The molecule has 2 aromatic rings. The van der Waals surface area contributed by atoms with Gasteiger partial charge in [-0.25, -0.2) is 14.5 Å². The number of nitrogens with zero attached hydrogens (tertiary/aromatic N) is 5. The van der Waals surface area contributed by atoms with Gasteiger partial charge >= 0.3 is 5.69 Å². The average Bonchev–Trinajstić information content (AvgIpc) is 3.13. The third-order valence-corrected chi connectivity index (χ3v) is 4.41. The SMILES string of the molecule is CCn1ccnc1Cn1nc(C2CCNCC2)n(CC)c1=O.Cl.Cl. The van der Waals surface area contributed by atoms with E-state index >= 15 is 0 Å². The molecule has 1 N–H and O–H groups in total. The molecule has 0 aromatic carbocycles. The van der Waals surface area contributed by atoms with E-state index < -0.39 is 0 Å². The van der Waals surface area contributed by atoms with E-state index in [4.69, 9.17) is 0 Å². The van der Waals surface area contributed by atoms with E-state index in [9.17, 15) is 4.79 Å². The van der Waals surface area contributed by atoms with Gasteiger partial charge in [0.2, 0.25) is 0 Å². The van der Waals surface area contributed by atoms with Gasteiger partial charge in [-0.2, -0.15) is 5.10 Å². The molecule has 0 aliphatic carbocycles. The van der Waals surface area contributed by atoms with E-state index in [0.29, 0.717) is 19.0 Å². The molecule has 24 heavy (non-hydrogen) atoms. The lowest BCUT2D eigenvalue weighted by Gasteiger charge is -2.21. The van der Waals surface area contributed by atoms with E-state index in [0.717, 1.165) is 44.1 Å². The fourth-order valence-electron chi connectivity index (χ4n) is 3.15. The predicted octanol–water partition coefficient (Wildman–Crippen LogP) is 1.64. The number of rotatable bonds is 5. The number of hydrogen-bond acceptors (Lipinski definition) is 4. The van der Waals surface area contributed by atoms with Crippen LogP contribution in [0, 0.1) is 0 Å². The van der Waals surface area contributed by atoms with Crippen LogP contribution in [0.1, 0.15) is 44.3 Å². The zero-order chi connectivity index (χ0) is 15.5. The van der Waals surface area contributed by atoms with Gasteiger partial charge in [0.15, 0.2) is 0 Å². The number of nitrogens with one attached hydrogen (secondary N) is 1. The highest BCUT2D eigenvalue weighted by Crippen LogP contribution is 2.22. The van der Waals surface area contributed by atoms with Crippen LogP contribution in [0.15, 0.2) is 17.2 Å². The zero-order valence-electron chi connectivity index (χ0n) is 14.1. The first-order valence-electron chi connectivity index (χ1n) is 8.12. The first-order chi connectivity index (χ1) is 10.7. The van der Waals surface area contributed by atoms with Gasteiger partial charge < -0.3 is 9.88 Å². The third kappa shape index (κ3) is 4.02. The van der Waals surface area contributed by atoms with Crippen LogP contribution in [0.2, 0.25) is 0 Å². The summed E-state index contributed by atoms with van der Waals surface area (Å²) in [5.74, 6) is 2.19. The van der Waals surface area contributed by atoms with E-state index in [2.05, 4.69) is 22.3 Å². The van der Waals surface area contributed by atoms with Gasteiger partial charge in [0.25, 0.3) is 0 Å². The molecule has 0 atom stereocenters. The minimum Gasteiger partial charge on any atom is -0.334 e. The smallest absolute Gasteiger partial charge is 0.334 e. The molecule has 3 rings (SSSR count). The van der Waals surface area contributed by atoms with Crippen LogP contribution in [0.4, 0.5) is 0 Å². The normalized spacial score (nSPS) is 14.9. The monoisotopic (exact) mass is 376 g/mol. The summed E-state index contributed by atoms with van der Waals surface area (Å²) in [5, 5.41) is 8.00. The summed E-state index contributed by atoms with van der Waals surface area (Å²) < 4.78 is 5.42. The second kappa shape index (κ2) is 9.25. The van der Waals surface area contributed by atoms with Gasteiger partial charge in [-0.3, -0.25) is 4.57 Å². The van der Waals surface area contributed by atoms with Crippen LogP contribution < -0.4 is 11.0 Å². The lowest BCUT2D eigenvalue weighted by molar-refractivity contribution is 0.429. The Labute approximate surface area is 154 Å². The molecule has 0 bridgehead atoms. The fraction of sp³-hybridized carbons (Fsp3) is 0.667. The van der Waals surface area contributed by atoms with Crippen LogP contribution in [0.5, 0.6) is 0 Å². The Morgan fingerprint density at radius 3 is 2.54 bits per heavy atom. The van der Waals surface area contributed by atoms with Crippen molar-refractivity contribution in [3.63, 3.8) is 0 Å². The lowest BCUT2D eigenvalue weighted by Crippen LogP contribution is -2.29. The van der Waals surface area contributed by atoms with Gasteiger partial charge in [-0.05, 0) is 39.8 Å². The molecular weight excluding hydrogens is 351 g/mol. The molecule has 3 heterocycles. The van der Waals surface area contributed by atoms with Crippen molar-refractivity contribution in [2.45, 2.75) is 52.2 Å². The molecule has 0 radical (unpaired) electrons. The van der Waals surface area contributed by atoms with E-state index in [-0.39, 0.29) is 30.5 Å². The van der Waals surface area contributed by atoms with Crippen molar-refractivity contribution < 1.29 is 0 Å². The maximum Gasteiger partial charge on any atom is 0.346 e. The molecule has 7 nitrogen and oxygen atoms in total. The fourth-order valence-corrected chi connectivity index (χ4v) is 3.15. The van der Waals surface area contributed by atoms with Gasteiger partial charge in [0.1, 0.15) is 18.2 Å². The van der Waals surface area contributed by atoms with Crippen molar-refractivity contribution in [3.05, 3.63) is 34.5 Å². The van der Waals surface area contributed by atoms with E-state index in [1.165, 1.54) is 0 Å². The molecule has 1 aliphatic rings. The Balaban J connectivity index is 0.00000144. The van der Waals surface area contributed by atoms with Crippen LogP contribution >= 0.6 is 24.8 Å². The number of aryl methyl sites for hydroxylation is 1. The predicted molar refractivity (Wildman–Crippen MR) is 98.5 cm³/mol. The maximum absolute atomic E-state index is 12.6. The highest BCUT2D eigenvalue weighted by molar-refractivity contribution is 5.85. The first kappa shape index (κ1) is 20.7. The van der Waals surface area contributed by atoms with Crippen LogP contribution in [0.25, 0.3) is 0 Å². The molecular formula is C15H26Cl2N6O. The van der Waals surface area contributed by atoms with Crippen molar-refractivity contribution in [1.82, 2.24) is 29.2 Å². The summed E-state index contributed by atoms with van der Waals surface area (Å²) >= 11 is 0. The van der Waals surface area contributed by atoms with Gasteiger partial charge in [0.05, 0.1) is 0 Å². The highest BCUT2D eigenvalue weighted by Gasteiger charge is 2.23. The van der Waals surface area contributed by atoms with Crippen molar-refractivity contribution in [2.24, 2.45) is 0 Å². The van der Waals surface area contributed by atoms with Crippen molar-refractivity contribution in [2.75, 3.05) is 13.1 Å². The number of imidazole rings is 1. The molecule has 0 unspecified atom stereocenters. The lowest BCUT2D eigenvalue weighted by atomic mass is 9.97. The Morgan fingerprint density at radius 1 is 1.21 bits per heavy atom. The topological polar surface area (TPSA) is 69.7 Å². The number of piperidine rings is 1. The largest absolute Gasteiger partial charge is 0.346 e. The van der Waals surface area contributed by atoms with Crippen LogP contribution in [-0.4, -0.2) is 37.0 Å². The van der Waals surface area contributed by atoms with Gasteiger partial charge in [0, 0.05) is 31.4 Å². The number of hydrogen-bond donors (Lipinski definition) is 1. The molecule has 1 fully saturated rings. The molecule has 0 spiro atoms. The Morgan fingerprint density at radius 2 is 1.92 bits per heavy atom. The second-order valence-electron chi connectivity index (χ2n) is 5.70. The molecule has 9 heteroatoms. The third-order valence-electron chi connectivity index (χ3n) is 4.41. The molecule has 1 saturated heterocycles. The molecule has 136 valence electrons.